The Morgan fingerprint density at radius 2 is 0.696 bits per heavy atom. The van der Waals surface area contributed by atoms with Gasteiger partial charge in [-0.25, -0.2) is 76.2 Å². The number of nitrogens with two attached hydrogens (primary N) is 1. The molecule has 4 aliphatic rings. The Kier molecular flexibility index (Phi) is 40.4. The Morgan fingerprint density at radius 1 is 0.385 bits per heavy atom. The van der Waals surface area contributed by atoms with E-state index >= 15 is 0 Å². The monoisotopic (exact) mass is 2190 g/mol. The minimum atomic E-state index is -1.39. The highest BCUT2D eigenvalue weighted by molar-refractivity contribution is 9.10. The summed E-state index contributed by atoms with van der Waals surface area (Å²) < 4.78 is 109. The van der Waals surface area contributed by atoms with Crippen LogP contribution in [0, 0.1) is 35.0 Å². The molecule has 766 valence electrons. The van der Waals surface area contributed by atoms with Gasteiger partial charge in [-0.1, -0.05) is 49.2 Å². The van der Waals surface area contributed by atoms with Gasteiger partial charge >= 0.3 is 25.0 Å². The van der Waals surface area contributed by atoms with Crippen LogP contribution in [0.2, 0.25) is 5.82 Å². The maximum atomic E-state index is 14.5. The maximum Gasteiger partial charge on any atom is 0.454 e. The second-order valence-corrected chi connectivity index (χ2v) is 35.5. The minimum absolute atomic E-state index is 0. The number of carbonyl (C=O) groups excluding carboxylic acids is 2. The molecule has 0 spiro atoms. The Bertz CT molecular complexity index is 6990. The molecule has 11 aromatic heterocycles. The van der Waals surface area contributed by atoms with E-state index in [0.717, 1.165) is 75.8 Å². The van der Waals surface area contributed by atoms with Gasteiger partial charge in [0.05, 0.1) is 27.8 Å². The zero-order valence-electron chi connectivity index (χ0n) is 79.4. The van der Waals surface area contributed by atoms with E-state index in [0.29, 0.717) is 87.7 Å². The molecule has 35 nitrogen and oxygen atoms in total. The smallest absolute Gasteiger partial charge is 0.454 e. The molecule has 11 heterocycles. The van der Waals surface area contributed by atoms with Gasteiger partial charge in [0.25, 0.3) is 11.8 Å². The van der Waals surface area contributed by atoms with Crippen molar-refractivity contribution in [1.82, 2.24) is 84.2 Å². The second kappa shape index (κ2) is 53.2. The van der Waals surface area contributed by atoms with Crippen molar-refractivity contribution in [3.05, 3.63) is 345 Å². The molecule has 5 aromatic carbocycles. The molecule has 4 aliphatic carbocycles. The molecule has 4 saturated carbocycles. The van der Waals surface area contributed by atoms with Crippen LogP contribution in [-0.4, -0.2) is 151 Å². The van der Waals surface area contributed by atoms with Gasteiger partial charge in [0, 0.05) is 82.3 Å². The number of carboxylic acid groups (broad SMARTS) is 3. The first kappa shape index (κ1) is 112. The Balaban J connectivity index is 0.000000169. The number of benzene rings is 5. The number of hydrogen-bond donors (Lipinski definition) is 9. The Morgan fingerprint density at radius 3 is 0.973 bits per heavy atom. The summed E-state index contributed by atoms with van der Waals surface area (Å²) in [5.74, 6) is -2.42. The fraction of sp³-hybridized carbons (Fsp3) is 0.206. The van der Waals surface area contributed by atoms with E-state index in [1.54, 1.807) is 116 Å². The van der Waals surface area contributed by atoms with E-state index in [1.165, 1.54) is 122 Å². The second-order valence-electron chi connectivity index (χ2n) is 33.7. The number of carboxylic acids is 3. The van der Waals surface area contributed by atoms with Crippen LogP contribution in [0.4, 0.5) is 43.8 Å². The molecule has 4 fully saturated rings. The van der Waals surface area contributed by atoms with Gasteiger partial charge in [0.1, 0.15) is 111 Å². The van der Waals surface area contributed by atoms with Crippen LogP contribution in [0.15, 0.2) is 265 Å². The first-order valence-corrected chi connectivity index (χ1v) is 46.8. The molecule has 46 heteroatoms. The largest absolute Gasteiger partial charge is 0.508 e. The van der Waals surface area contributed by atoms with Crippen LogP contribution in [0.5, 0.6) is 52.3 Å². The molecule has 20 rings (SSSR count). The molecule has 0 saturated heterocycles. The zero-order chi connectivity index (χ0) is 104. The average Bonchev–Trinajstić information content (AvgIpc) is 1.61. The first-order valence-electron chi connectivity index (χ1n) is 45.2. The van der Waals surface area contributed by atoms with Crippen molar-refractivity contribution < 1.29 is 99.7 Å². The number of aromatic hydroxyl groups is 1. The highest BCUT2D eigenvalue weighted by Gasteiger charge is 2.33. The van der Waals surface area contributed by atoms with Gasteiger partial charge in [-0.3, -0.25) is 9.59 Å². The number of ether oxygens (including phenoxy) is 4. The van der Waals surface area contributed by atoms with E-state index < -0.39 is 88.6 Å². The zero-order valence-corrected chi connectivity index (χ0v) is 84.2. The van der Waals surface area contributed by atoms with Gasteiger partial charge in [0.2, 0.25) is 29.5 Å². The lowest BCUT2D eigenvalue weighted by Gasteiger charge is -2.11. The molecular formula is C102H95BBr2Cl2F6N20O15. The van der Waals surface area contributed by atoms with Crippen molar-refractivity contribution in [2.75, 3.05) is 16.4 Å². The van der Waals surface area contributed by atoms with Crippen molar-refractivity contribution in [3.8, 4) is 86.8 Å². The number of nitrogen functional groups attached to an aromatic ring is 1. The number of anilines is 3. The van der Waals surface area contributed by atoms with Crippen LogP contribution in [0.3, 0.4) is 0 Å². The number of pyridine rings is 8. The van der Waals surface area contributed by atoms with Crippen molar-refractivity contribution in [1.29, 1.82) is 0 Å². The number of nitrogens with one attached hydrogen (secondary N) is 2. The van der Waals surface area contributed by atoms with E-state index in [-0.39, 0.29) is 82.7 Å². The number of aromatic nitrogens is 17. The van der Waals surface area contributed by atoms with E-state index in [4.69, 9.17) is 55.2 Å². The van der Waals surface area contributed by atoms with E-state index in [9.17, 15) is 50.3 Å². The molecule has 0 atom stereocenters. The summed E-state index contributed by atoms with van der Waals surface area (Å²) in [7, 11) is -1.04. The van der Waals surface area contributed by atoms with Crippen molar-refractivity contribution >= 4 is 111 Å². The molecule has 2 amide bonds. The van der Waals surface area contributed by atoms with Gasteiger partial charge in [0.15, 0.2) is 17.5 Å². The number of carbonyl (C=O) groups is 5. The van der Waals surface area contributed by atoms with Gasteiger partial charge in [-0.05, 0) is 298 Å². The SMILES string of the molecule is CC(C)n1cnnc1-c1cccc(N)n1.CC(C)n1cnnc1-c1cccc(NC(=O)c2cc(Oc3ccc(C4CC4)cn3)ccc2F)n1.CC(C)n1cnnc1-c1cccc(NC(=O)c2cc(Oc3ccc(C4CC4)cn3)ccc2F)n1.Cl.Cl.Fc1ccc(Br)cn1.O=C(O)c1cc(O)ccc1F.O=C(O)c1cc(Oc2ccc(Br)cn2)ccc1F.O=C(O)c1cc(Oc2ccc(C3CC3)cn2)ccc1F.OB(O)C1CC1. The normalized spacial score (nSPS) is 12.3. The average molecular weight is 2200 g/mol. The van der Waals surface area contributed by atoms with Crippen molar-refractivity contribution in [3.63, 3.8) is 0 Å². The Hall–Kier alpha value is -16.0. The highest BCUT2D eigenvalue weighted by atomic mass is 79.9. The summed E-state index contributed by atoms with van der Waals surface area (Å²) in [6, 6.07) is 51.7. The van der Waals surface area contributed by atoms with E-state index in [1.807, 2.05) is 71.7 Å². The number of nitrogens with zero attached hydrogens (tertiary/aromatic N) is 17. The molecule has 0 unspecified atom stereocenters. The van der Waals surface area contributed by atoms with E-state index in [2.05, 4.69) is 127 Å². The predicted molar refractivity (Wildman–Crippen MR) is 546 cm³/mol. The van der Waals surface area contributed by atoms with Crippen molar-refractivity contribution in [2.45, 2.75) is 135 Å². The lowest BCUT2D eigenvalue weighted by Crippen LogP contribution is -2.15. The molecule has 0 aliphatic heterocycles. The number of aromatic carboxylic acids is 3. The van der Waals surface area contributed by atoms with Crippen LogP contribution in [0.1, 0.15) is 197 Å². The molecule has 148 heavy (non-hydrogen) atoms. The molecule has 0 radical (unpaired) electrons. The third kappa shape index (κ3) is 33.3. The standard InChI is InChI=1S/2C25H23FN6O2.C15H12FNO3.C12H7BrFNO3.C10H13N5.C7H5FO3.C5H3BrFN.C3H7BO2.2ClH/c2*1-15(2)32-14-28-31-24(32)21-4-3-5-22(29-21)30-25(33)19-12-18(9-10-20(19)26)34-23-11-8-17(13-27-23)16-6-7-16;16-13-5-4-11(7-12(13)15(18)19)20-14-6-3-10(8-17-14)9-1-2-9;13-7-1-4-11(15-6-7)18-8-2-3-10(14)9(5-8)12(16)17;1-7(2)15-6-12-14-10(15)8-4-3-5-9(11)13-8;8-6-2-1-4(9)3-5(6)7(10)11;6-4-1-2-5(7)8-3-4;5-4(6)3-1-2-3;;/h2*3-5,8-16H,6-7H2,1-2H3,(H,29,30,33);3-9H,1-2H2,(H,18,19);1-6H,(H,16,17);3-7H,1-2H3,(H2,11,13);1-3,9H,(H,10,11);1-3H;3,5-6H,1-2H2;2*1H. The third-order valence-corrected chi connectivity index (χ3v) is 22.4. The Labute approximate surface area is 871 Å². The molecule has 10 N–H and O–H groups in total. The lowest BCUT2D eigenvalue weighted by molar-refractivity contribution is 0.0680. The number of hydrogen-bond acceptors (Lipinski definition) is 27. The maximum absolute atomic E-state index is 14.5. The summed E-state index contributed by atoms with van der Waals surface area (Å²) in [6.07, 6.45) is 22.4. The summed E-state index contributed by atoms with van der Waals surface area (Å²) in [6.45, 7) is 12.2. The van der Waals surface area contributed by atoms with Crippen LogP contribution >= 0.6 is 56.7 Å². The van der Waals surface area contributed by atoms with Crippen LogP contribution < -0.4 is 35.3 Å². The number of amides is 2. The third-order valence-electron chi connectivity index (χ3n) is 21.5. The fourth-order valence-corrected chi connectivity index (χ4v) is 13.7. The lowest BCUT2D eigenvalue weighted by atomic mass is 9.84. The topological polar surface area (TPSA) is 489 Å². The summed E-state index contributed by atoms with van der Waals surface area (Å²) in [4.78, 5) is 90.7. The number of rotatable bonds is 25. The number of halogens is 10. The molecule has 16 aromatic rings. The predicted octanol–water partition coefficient (Wildman–Crippen LogP) is 23.0. The van der Waals surface area contributed by atoms with Gasteiger partial charge < -0.3 is 79.5 Å². The van der Waals surface area contributed by atoms with Gasteiger partial charge in [-0.15, -0.1) is 55.4 Å². The quantitative estimate of drug-likeness (QED) is 0.0146. The summed E-state index contributed by atoms with van der Waals surface area (Å²) in [5.41, 5.74) is 9.31. The van der Waals surface area contributed by atoms with Crippen LogP contribution in [0.25, 0.3) is 34.6 Å². The fourth-order valence-electron chi connectivity index (χ4n) is 13.2. The van der Waals surface area contributed by atoms with Gasteiger partial charge in [-0.2, -0.15) is 4.39 Å². The summed E-state index contributed by atoms with van der Waals surface area (Å²) in [5, 5.41) is 80.6. The number of phenols is 1. The van der Waals surface area contributed by atoms with Crippen LogP contribution in [-0.2, 0) is 0 Å². The van der Waals surface area contributed by atoms with Crippen molar-refractivity contribution in [2.24, 2.45) is 0 Å². The highest BCUT2D eigenvalue weighted by Crippen LogP contribution is 2.43. The summed E-state index contributed by atoms with van der Waals surface area (Å²) >= 11 is 6.34. The molecule has 0 bridgehead atoms. The first-order chi connectivity index (χ1) is 70.0. The minimum Gasteiger partial charge on any atom is -0.508 e. The molecular weight excluding hydrogens is 2100 g/mol. The number of phenolic OH excluding ortho intramolecular Hbond substituents is 1.